The molecule has 26 heavy (non-hydrogen) atoms. The van der Waals surface area contributed by atoms with Crippen LogP contribution in [0.4, 0.5) is 5.69 Å². The number of amides is 1. The highest BCUT2D eigenvalue weighted by Crippen LogP contribution is 2.33. The van der Waals surface area contributed by atoms with Crippen molar-refractivity contribution in [3.63, 3.8) is 0 Å². The van der Waals surface area contributed by atoms with Gasteiger partial charge in [0.15, 0.2) is 0 Å². The van der Waals surface area contributed by atoms with Crippen molar-refractivity contribution < 1.29 is 19.1 Å². The van der Waals surface area contributed by atoms with Crippen LogP contribution in [0.1, 0.15) is 22.3 Å². The number of benzene rings is 2. The molecule has 0 fully saturated rings. The maximum Gasteiger partial charge on any atom is 0.340 e. The summed E-state index contributed by atoms with van der Waals surface area (Å²) >= 11 is 7.74. The van der Waals surface area contributed by atoms with Gasteiger partial charge in [-0.1, -0.05) is 23.7 Å². The van der Waals surface area contributed by atoms with E-state index in [1.165, 1.54) is 37.5 Å². The number of esters is 1. The third-order valence-corrected chi connectivity index (χ3v) is 4.78. The summed E-state index contributed by atoms with van der Waals surface area (Å²) in [5.74, 6) is -0.593. The Morgan fingerprint density at radius 2 is 2.04 bits per heavy atom. The van der Waals surface area contributed by atoms with Crippen molar-refractivity contribution in [3.8, 4) is 5.75 Å². The summed E-state index contributed by atoms with van der Waals surface area (Å²) in [7, 11) is 1.25. The lowest BCUT2D eigenvalue weighted by molar-refractivity contribution is -0.114. The molecule has 3 rings (SSSR count). The Bertz CT molecular complexity index is 953. The van der Waals surface area contributed by atoms with Gasteiger partial charge in [-0.25, -0.2) is 9.78 Å². The molecule has 1 amide bonds. The van der Waals surface area contributed by atoms with Crippen LogP contribution >= 0.6 is 22.9 Å². The fourth-order valence-corrected chi connectivity index (χ4v) is 3.50. The number of para-hydroxylation sites is 1. The number of halogens is 1. The van der Waals surface area contributed by atoms with Gasteiger partial charge in [-0.3, -0.25) is 4.79 Å². The average Bonchev–Trinajstić information content (AvgIpc) is 3.03. The lowest BCUT2D eigenvalue weighted by atomic mass is 10.1. The summed E-state index contributed by atoms with van der Waals surface area (Å²) < 4.78 is 11.6. The van der Waals surface area contributed by atoms with Gasteiger partial charge < -0.3 is 14.8 Å². The zero-order valence-corrected chi connectivity index (χ0v) is 15.6. The highest BCUT2D eigenvalue weighted by atomic mass is 35.5. The van der Waals surface area contributed by atoms with Gasteiger partial charge in [0.05, 0.1) is 33.6 Å². The van der Waals surface area contributed by atoms with Gasteiger partial charge in [0.2, 0.25) is 5.91 Å². The van der Waals surface area contributed by atoms with Gasteiger partial charge in [0.25, 0.3) is 0 Å². The minimum absolute atomic E-state index is 0.120. The van der Waals surface area contributed by atoms with Crippen molar-refractivity contribution >= 4 is 50.7 Å². The molecule has 6 nitrogen and oxygen atoms in total. The molecule has 1 heterocycles. The summed E-state index contributed by atoms with van der Waals surface area (Å²) in [5, 5.41) is 3.52. The fourth-order valence-electron chi connectivity index (χ4n) is 2.37. The fraction of sp³-hybridized carbons (Fsp3) is 0.167. The SMILES string of the molecule is COC(=O)c1cc(OCc2nc3ccccc3s2)cc(Cl)c1NC(C)=O. The largest absolute Gasteiger partial charge is 0.486 e. The molecular weight excluding hydrogens is 376 g/mol. The Morgan fingerprint density at radius 3 is 2.73 bits per heavy atom. The monoisotopic (exact) mass is 390 g/mol. The van der Waals surface area contributed by atoms with Gasteiger partial charge >= 0.3 is 5.97 Å². The third kappa shape index (κ3) is 3.95. The molecule has 0 unspecified atom stereocenters. The number of hydrogen-bond donors (Lipinski definition) is 1. The number of carbonyl (C=O) groups excluding carboxylic acids is 2. The molecule has 0 aliphatic carbocycles. The molecule has 0 radical (unpaired) electrons. The molecule has 0 saturated heterocycles. The van der Waals surface area contributed by atoms with Gasteiger partial charge in [-0.15, -0.1) is 11.3 Å². The van der Waals surface area contributed by atoms with Crippen molar-refractivity contribution in [2.45, 2.75) is 13.5 Å². The van der Waals surface area contributed by atoms with Crippen molar-refractivity contribution in [1.29, 1.82) is 0 Å². The minimum atomic E-state index is -0.624. The minimum Gasteiger partial charge on any atom is -0.486 e. The molecule has 0 aliphatic rings. The molecule has 0 spiro atoms. The first-order chi connectivity index (χ1) is 12.5. The number of hydrogen-bond acceptors (Lipinski definition) is 6. The highest BCUT2D eigenvalue weighted by molar-refractivity contribution is 7.18. The van der Waals surface area contributed by atoms with E-state index in [9.17, 15) is 9.59 Å². The molecule has 1 aromatic heterocycles. The Hall–Kier alpha value is -2.64. The number of anilines is 1. The quantitative estimate of drug-likeness (QED) is 0.658. The van der Waals surface area contributed by atoms with Crippen LogP contribution < -0.4 is 10.1 Å². The van der Waals surface area contributed by atoms with Crippen LogP contribution in [0.3, 0.4) is 0 Å². The highest BCUT2D eigenvalue weighted by Gasteiger charge is 2.18. The normalized spacial score (nSPS) is 10.6. The second-order valence-corrected chi connectivity index (χ2v) is 6.89. The predicted molar refractivity (Wildman–Crippen MR) is 101 cm³/mol. The molecule has 0 aliphatic heterocycles. The molecule has 2 aromatic carbocycles. The van der Waals surface area contributed by atoms with Crippen LogP contribution in [-0.4, -0.2) is 24.0 Å². The number of thiazole rings is 1. The summed E-state index contributed by atoms with van der Waals surface area (Å²) in [5.41, 5.74) is 1.22. The molecule has 3 aromatic rings. The second-order valence-electron chi connectivity index (χ2n) is 5.36. The number of carbonyl (C=O) groups is 2. The molecule has 0 bridgehead atoms. The second kappa shape index (κ2) is 7.72. The summed E-state index contributed by atoms with van der Waals surface area (Å²) in [4.78, 5) is 27.9. The Labute approximate surface area is 158 Å². The van der Waals surface area contributed by atoms with Crippen LogP contribution in [0.2, 0.25) is 5.02 Å². The van der Waals surface area contributed by atoms with E-state index in [0.717, 1.165) is 15.2 Å². The predicted octanol–water partition coefficient (Wildman–Crippen LogP) is 4.27. The average molecular weight is 391 g/mol. The van der Waals surface area contributed by atoms with E-state index in [0.29, 0.717) is 5.75 Å². The van der Waals surface area contributed by atoms with Crippen molar-refractivity contribution in [2.24, 2.45) is 0 Å². The molecule has 8 heteroatoms. The Balaban J connectivity index is 1.86. The first-order valence-electron chi connectivity index (χ1n) is 7.64. The number of ether oxygens (including phenoxy) is 2. The number of fused-ring (bicyclic) bond motifs is 1. The molecular formula is C18H15ClN2O4S. The Kier molecular flexibility index (Phi) is 5.39. The van der Waals surface area contributed by atoms with Gasteiger partial charge in [-0.05, 0) is 18.2 Å². The number of nitrogens with one attached hydrogen (secondary N) is 1. The van der Waals surface area contributed by atoms with E-state index in [4.69, 9.17) is 21.1 Å². The van der Waals surface area contributed by atoms with Gasteiger partial charge in [0, 0.05) is 13.0 Å². The van der Waals surface area contributed by atoms with Crippen LogP contribution in [0.5, 0.6) is 5.75 Å². The van der Waals surface area contributed by atoms with E-state index >= 15 is 0 Å². The molecule has 0 saturated carbocycles. The molecule has 0 atom stereocenters. The summed E-state index contributed by atoms with van der Waals surface area (Å²) in [6.45, 7) is 1.56. The van der Waals surface area contributed by atoms with E-state index in [-0.39, 0.29) is 28.8 Å². The number of aromatic nitrogens is 1. The maximum absolute atomic E-state index is 12.0. The summed E-state index contributed by atoms with van der Waals surface area (Å²) in [6, 6.07) is 10.8. The van der Waals surface area contributed by atoms with Crippen LogP contribution in [0.15, 0.2) is 36.4 Å². The van der Waals surface area contributed by atoms with Gasteiger partial charge in [0.1, 0.15) is 17.4 Å². The zero-order chi connectivity index (χ0) is 18.7. The topological polar surface area (TPSA) is 77.5 Å². The van der Waals surface area contributed by atoms with E-state index in [1.54, 1.807) is 0 Å². The number of nitrogens with zero attached hydrogens (tertiary/aromatic N) is 1. The van der Waals surface area contributed by atoms with Crippen LogP contribution in [0, 0.1) is 0 Å². The number of rotatable bonds is 5. The maximum atomic E-state index is 12.0. The third-order valence-electron chi connectivity index (χ3n) is 3.47. The molecule has 134 valence electrons. The zero-order valence-electron chi connectivity index (χ0n) is 14.0. The smallest absolute Gasteiger partial charge is 0.340 e. The summed E-state index contributed by atoms with van der Waals surface area (Å²) in [6.07, 6.45) is 0. The standard InChI is InChI=1S/C18H15ClN2O4S/c1-10(22)20-17-12(18(23)24-2)7-11(8-13(17)19)25-9-16-21-14-5-3-4-6-15(14)26-16/h3-8H,9H2,1-2H3,(H,20,22). The first kappa shape index (κ1) is 18.2. The first-order valence-corrected chi connectivity index (χ1v) is 8.84. The molecule has 1 N–H and O–H groups in total. The number of methoxy groups -OCH3 is 1. The van der Waals surface area contributed by atoms with Crippen LogP contribution in [0.25, 0.3) is 10.2 Å². The van der Waals surface area contributed by atoms with E-state index in [2.05, 4.69) is 10.3 Å². The Morgan fingerprint density at radius 1 is 1.27 bits per heavy atom. The van der Waals surface area contributed by atoms with Crippen molar-refractivity contribution in [3.05, 3.63) is 52.0 Å². The lowest BCUT2D eigenvalue weighted by Gasteiger charge is -2.13. The van der Waals surface area contributed by atoms with Gasteiger partial charge in [-0.2, -0.15) is 0 Å². The van der Waals surface area contributed by atoms with Crippen molar-refractivity contribution in [1.82, 2.24) is 4.98 Å². The van der Waals surface area contributed by atoms with Crippen molar-refractivity contribution in [2.75, 3.05) is 12.4 Å². The van der Waals surface area contributed by atoms with Crippen LogP contribution in [-0.2, 0) is 16.1 Å². The van der Waals surface area contributed by atoms with E-state index < -0.39 is 5.97 Å². The lowest BCUT2D eigenvalue weighted by Crippen LogP contribution is -2.13. The van der Waals surface area contributed by atoms with E-state index in [1.807, 2.05) is 24.3 Å².